The van der Waals surface area contributed by atoms with Crippen molar-refractivity contribution in [3.8, 4) is 11.5 Å². The predicted octanol–water partition coefficient (Wildman–Crippen LogP) is 5.82. The summed E-state index contributed by atoms with van der Waals surface area (Å²) in [6.45, 7) is 3.08. The van der Waals surface area contributed by atoms with Gasteiger partial charge in [-0.25, -0.2) is 0 Å². The predicted molar refractivity (Wildman–Crippen MR) is 143 cm³/mol. The van der Waals surface area contributed by atoms with E-state index in [2.05, 4.69) is 71.0 Å². The van der Waals surface area contributed by atoms with E-state index in [1.807, 2.05) is 24.3 Å². The molecule has 0 radical (unpaired) electrons. The first-order valence-electron chi connectivity index (χ1n) is 12.5. The fraction of sp³-hybridized carbons (Fsp3) is 0.267. The van der Waals surface area contributed by atoms with Crippen LogP contribution in [0.3, 0.4) is 0 Å². The van der Waals surface area contributed by atoms with E-state index in [9.17, 15) is 0 Å². The highest BCUT2D eigenvalue weighted by Gasteiger charge is 2.29. The van der Waals surface area contributed by atoms with Gasteiger partial charge in [0.15, 0.2) is 0 Å². The summed E-state index contributed by atoms with van der Waals surface area (Å²) >= 11 is 0. The number of anilines is 1. The molecule has 0 fully saturated rings. The summed E-state index contributed by atoms with van der Waals surface area (Å²) in [4.78, 5) is 3.44. The SMILES string of the molecule is C1=CC2Nc3cc(OCCOCCOCCOc4ccc5c(c4)[nH]c4ccccc45)ccc3C2C=C1. The molecule has 0 saturated heterocycles. The van der Waals surface area contributed by atoms with E-state index in [0.717, 1.165) is 28.2 Å². The van der Waals surface area contributed by atoms with Gasteiger partial charge in [-0.1, -0.05) is 48.6 Å². The van der Waals surface area contributed by atoms with Crippen LogP contribution in [-0.2, 0) is 9.47 Å². The molecule has 0 spiro atoms. The number of ether oxygens (including phenoxy) is 4. The summed E-state index contributed by atoms with van der Waals surface area (Å²) in [6.07, 6.45) is 8.66. The molecular formula is C30H30N2O4. The minimum absolute atomic E-state index is 0.345. The zero-order valence-corrected chi connectivity index (χ0v) is 20.1. The summed E-state index contributed by atoms with van der Waals surface area (Å²) in [5.74, 6) is 2.10. The van der Waals surface area contributed by atoms with E-state index in [4.69, 9.17) is 18.9 Å². The number of hydrogen-bond acceptors (Lipinski definition) is 5. The molecule has 1 aromatic heterocycles. The maximum absolute atomic E-state index is 5.86. The summed E-state index contributed by atoms with van der Waals surface area (Å²) in [6, 6.07) is 21.1. The lowest BCUT2D eigenvalue weighted by molar-refractivity contribution is 0.0274. The molecule has 1 aliphatic carbocycles. The van der Waals surface area contributed by atoms with Crippen LogP contribution in [0.2, 0.25) is 0 Å². The van der Waals surface area contributed by atoms with Crippen molar-refractivity contribution in [3.05, 3.63) is 90.5 Å². The molecule has 184 valence electrons. The van der Waals surface area contributed by atoms with E-state index >= 15 is 0 Å². The average molecular weight is 483 g/mol. The third kappa shape index (κ3) is 4.83. The van der Waals surface area contributed by atoms with Crippen LogP contribution in [0.1, 0.15) is 11.5 Å². The number of benzene rings is 3. The molecule has 4 aromatic rings. The number of H-pyrrole nitrogens is 1. The Bertz CT molecular complexity index is 1410. The Kier molecular flexibility index (Phi) is 6.61. The Labute approximate surface area is 210 Å². The summed E-state index contributed by atoms with van der Waals surface area (Å²) in [7, 11) is 0. The Hall–Kier alpha value is -3.74. The minimum atomic E-state index is 0.345. The second-order valence-corrected chi connectivity index (χ2v) is 9.01. The van der Waals surface area contributed by atoms with E-state index in [1.54, 1.807) is 0 Å². The number of aromatic nitrogens is 1. The third-order valence-electron chi connectivity index (χ3n) is 6.68. The van der Waals surface area contributed by atoms with Gasteiger partial charge in [0.25, 0.3) is 0 Å². The fourth-order valence-electron chi connectivity index (χ4n) is 4.94. The Balaban J connectivity index is 0.851. The maximum atomic E-state index is 5.86. The molecule has 0 amide bonds. The molecule has 6 heteroatoms. The van der Waals surface area contributed by atoms with E-state index in [0.29, 0.717) is 51.6 Å². The lowest BCUT2D eigenvalue weighted by atomic mass is 9.92. The second kappa shape index (κ2) is 10.5. The van der Waals surface area contributed by atoms with Gasteiger partial charge in [0.2, 0.25) is 0 Å². The first-order chi connectivity index (χ1) is 17.8. The van der Waals surface area contributed by atoms with Crippen molar-refractivity contribution in [3.63, 3.8) is 0 Å². The van der Waals surface area contributed by atoms with E-state index < -0.39 is 0 Å². The fourth-order valence-corrected chi connectivity index (χ4v) is 4.94. The van der Waals surface area contributed by atoms with Crippen LogP contribution in [-0.4, -0.2) is 50.7 Å². The quantitative estimate of drug-likeness (QED) is 0.264. The zero-order valence-electron chi connectivity index (χ0n) is 20.1. The molecule has 0 saturated carbocycles. The van der Waals surface area contributed by atoms with Crippen LogP contribution in [0.4, 0.5) is 5.69 Å². The van der Waals surface area contributed by atoms with Gasteiger partial charge in [-0.05, 0) is 29.8 Å². The number of nitrogens with one attached hydrogen (secondary N) is 2. The van der Waals surface area contributed by atoms with Crippen LogP contribution >= 0.6 is 0 Å². The van der Waals surface area contributed by atoms with Gasteiger partial charge in [0, 0.05) is 40.0 Å². The number of aromatic amines is 1. The number of rotatable bonds is 11. The lowest BCUT2D eigenvalue weighted by Gasteiger charge is -2.15. The van der Waals surface area contributed by atoms with Crippen molar-refractivity contribution >= 4 is 27.5 Å². The molecule has 6 nitrogen and oxygen atoms in total. The molecule has 3 aromatic carbocycles. The molecule has 1 aliphatic heterocycles. The minimum Gasteiger partial charge on any atom is -0.491 e. The van der Waals surface area contributed by atoms with Crippen LogP contribution < -0.4 is 14.8 Å². The lowest BCUT2D eigenvalue weighted by Crippen LogP contribution is -2.17. The zero-order chi connectivity index (χ0) is 24.2. The standard InChI is InChI=1S/C30H30N2O4/c1-3-7-27-23(5-1)25-11-9-21(19-29(25)31-27)35-17-15-33-13-14-34-16-18-36-22-10-12-26-24-6-2-4-8-28(24)32-30(26)20-22/h1-12,19-20,23,27,31-32H,13-18H2. The Morgan fingerprint density at radius 3 is 2.19 bits per heavy atom. The number of fused-ring (bicyclic) bond motifs is 6. The van der Waals surface area contributed by atoms with Crippen molar-refractivity contribution in [1.29, 1.82) is 0 Å². The van der Waals surface area contributed by atoms with E-state index in [-0.39, 0.29) is 0 Å². The molecule has 2 aliphatic rings. The highest BCUT2D eigenvalue weighted by atomic mass is 16.6. The van der Waals surface area contributed by atoms with Crippen molar-refractivity contribution in [1.82, 2.24) is 4.98 Å². The summed E-state index contributed by atoms with van der Waals surface area (Å²) in [5, 5.41) is 5.99. The van der Waals surface area contributed by atoms with Crippen LogP contribution in [0.15, 0.2) is 85.0 Å². The number of para-hydroxylation sites is 1. The van der Waals surface area contributed by atoms with Gasteiger partial charge in [-0.15, -0.1) is 0 Å². The number of allylic oxidation sites excluding steroid dienone is 2. The molecule has 2 unspecified atom stereocenters. The van der Waals surface area contributed by atoms with Gasteiger partial charge in [0.1, 0.15) is 24.7 Å². The molecular weight excluding hydrogens is 452 g/mol. The average Bonchev–Trinajstić information content (AvgIpc) is 3.47. The van der Waals surface area contributed by atoms with Crippen molar-refractivity contribution < 1.29 is 18.9 Å². The first kappa shape index (κ1) is 22.7. The third-order valence-corrected chi connectivity index (χ3v) is 6.68. The van der Waals surface area contributed by atoms with Crippen LogP contribution in [0.5, 0.6) is 11.5 Å². The monoisotopic (exact) mass is 482 g/mol. The number of hydrogen-bond donors (Lipinski definition) is 2. The van der Waals surface area contributed by atoms with Crippen molar-refractivity contribution in [2.45, 2.75) is 12.0 Å². The summed E-state index contributed by atoms with van der Waals surface area (Å²) in [5.41, 5.74) is 4.68. The largest absolute Gasteiger partial charge is 0.491 e. The van der Waals surface area contributed by atoms with Gasteiger partial charge in [-0.3, -0.25) is 0 Å². The molecule has 6 rings (SSSR count). The van der Waals surface area contributed by atoms with Crippen LogP contribution in [0, 0.1) is 0 Å². The van der Waals surface area contributed by atoms with Crippen molar-refractivity contribution in [2.24, 2.45) is 0 Å². The van der Waals surface area contributed by atoms with Gasteiger partial charge < -0.3 is 29.2 Å². The normalized spacial score (nSPS) is 17.8. The highest BCUT2D eigenvalue weighted by molar-refractivity contribution is 6.07. The molecule has 2 heterocycles. The molecule has 0 bridgehead atoms. The maximum Gasteiger partial charge on any atom is 0.121 e. The first-order valence-corrected chi connectivity index (χ1v) is 12.5. The topological polar surface area (TPSA) is 64.7 Å². The highest BCUT2D eigenvalue weighted by Crippen LogP contribution is 2.40. The molecule has 36 heavy (non-hydrogen) atoms. The van der Waals surface area contributed by atoms with Crippen LogP contribution in [0.25, 0.3) is 21.8 Å². The second-order valence-electron chi connectivity index (χ2n) is 9.01. The molecule has 2 N–H and O–H groups in total. The van der Waals surface area contributed by atoms with Crippen molar-refractivity contribution in [2.75, 3.05) is 45.0 Å². The molecule has 2 atom stereocenters. The van der Waals surface area contributed by atoms with E-state index in [1.165, 1.54) is 16.3 Å². The Morgan fingerprint density at radius 2 is 1.33 bits per heavy atom. The smallest absolute Gasteiger partial charge is 0.121 e. The Morgan fingerprint density at radius 1 is 0.639 bits per heavy atom. The van der Waals surface area contributed by atoms with Gasteiger partial charge >= 0.3 is 0 Å². The van der Waals surface area contributed by atoms with Gasteiger partial charge in [-0.2, -0.15) is 0 Å². The van der Waals surface area contributed by atoms with Gasteiger partial charge in [0.05, 0.1) is 38.0 Å². The summed E-state index contributed by atoms with van der Waals surface area (Å²) < 4.78 is 23.0.